The molecule has 0 rings (SSSR count). The van der Waals surface area contributed by atoms with Crippen molar-refractivity contribution < 1.29 is 14.2 Å². The van der Waals surface area contributed by atoms with Crippen LogP contribution >= 0.6 is 0 Å². The number of ether oxygens (including phenoxy) is 3. The molecule has 15 heavy (non-hydrogen) atoms. The van der Waals surface area contributed by atoms with E-state index in [9.17, 15) is 0 Å². The maximum atomic E-state index is 4.96. The summed E-state index contributed by atoms with van der Waals surface area (Å²) in [5, 5.41) is 0. The van der Waals surface area contributed by atoms with Crippen molar-refractivity contribution in [2.75, 3.05) is 26.4 Å². The Balaban J connectivity index is 0. The minimum absolute atomic E-state index is 0.608. The van der Waals surface area contributed by atoms with Gasteiger partial charge in [-0.05, 0) is 13.3 Å². The molecule has 0 heterocycles. The highest BCUT2D eigenvalue weighted by atomic mass is 16.5. The smallest absolute Gasteiger partial charge is 0.111 e. The highest BCUT2D eigenvalue weighted by molar-refractivity contribution is 4.48. The van der Waals surface area contributed by atoms with E-state index in [0.717, 1.165) is 19.6 Å². The maximum Gasteiger partial charge on any atom is 0.111 e. The van der Waals surface area contributed by atoms with Crippen molar-refractivity contribution in [1.29, 1.82) is 0 Å². The highest BCUT2D eigenvalue weighted by Gasteiger charge is 1.79. The Bertz CT molecular complexity index is 124. The second kappa shape index (κ2) is 18.8. The van der Waals surface area contributed by atoms with Gasteiger partial charge >= 0.3 is 0 Å². The lowest BCUT2D eigenvalue weighted by molar-refractivity contribution is 0.0935. The van der Waals surface area contributed by atoms with Crippen molar-refractivity contribution in [2.24, 2.45) is 0 Å². The van der Waals surface area contributed by atoms with Crippen molar-refractivity contribution in [3.63, 3.8) is 0 Å². The molecule has 0 radical (unpaired) electrons. The van der Waals surface area contributed by atoms with E-state index < -0.39 is 0 Å². The number of hydrogen-bond donors (Lipinski definition) is 0. The number of rotatable bonds is 9. The van der Waals surface area contributed by atoms with E-state index in [2.05, 4.69) is 20.1 Å². The zero-order valence-electron chi connectivity index (χ0n) is 10.0. The molecule has 0 fully saturated rings. The summed E-state index contributed by atoms with van der Waals surface area (Å²) in [6.45, 7) is 13.7. The van der Waals surface area contributed by atoms with Crippen LogP contribution in [0.4, 0.5) is 0 Å². The fourth-order valence-electron chi connectivity index (χ4n) is 0.646. The number of hydrogen-bond acceptors (Lipinski definition) is 3. The minimum Gasteiger partial charge on any atom is -0.502 e. The van der Waals surface area contributed by atoms with Gasteiger partial charge in [0.2, 0.25) is 0 Å². The summed E-state index contributed by atoms with van der Waals surface area (Å²) in [4.78, 5) is 0. The first-order valence-corrected chi connectivity index (χ1v) is 5.36. The zero-order valence-corrected chi connectivity index (χ0v) is 10.0. The van der Waals surface area contributed by atoms with E-state index in [-0.39, 0.29) is 0 Å². The van der Waals surface area contributed by atoms with Gasteiger partial charge in [-0.1, -0.05) is 26.5 Å². The van der Waals surface area contributed by atoms with Gasteiger partial charge in [0.05, 0.1) is 25.7 Å². The first-order chi connectivity index (χ1) is 7.33. The van der Waals surface area contributed by atoms with Crippen LogP contribution in [0, 0.1) is 0 Å². The van der Waals surface area contributed by atoms with Gasteiger partial charge in [0.15, 0.2) is 0 Å². The molecule has 0 unspecified atom stereocenters. The minimum atomic E-state index is 0.608. The Hall–Kier alpha value is -0.960. The zero-order chi connectivity index (χ0) is 11.8. The van der Waals surface area contributed by atoms with Crippen molar-refractivity contribution in [1.82, 2.24) is 0 Å². The van der Waals surface area contributed by atoms with Gasteiger partial charge in [-0.15, -0.1) is 0 Å². The lowest BCUT2D eigenvalue weighted by Crippen LogP contribution is -1.99. The quantitative estimate of drug-likeness (QED) is 0.438. The molecule has 0 amide bonds. The predicted molar refractivity (Wildman–Crippen MR) is 63.7 cm³/mol. The predicted octanol–water partition coefficient (Wildman–Crippen LogP) is 3.13. The second-order valence-corrected chi connectivity index (χ2v) is 2.63. The molecule has 0 saturated heterocycles. The standard InChI is InChI=1S/C6H12O2.C6H12O/c1-3-7-5-6-8-4-2;1-3-5-6-7-4-2/h3H,1,4-6H2,2H3;4H,2-3,5-6H2,1H3. The Morgan fingerprint density at radius 3 is 2.00 bits per heavy atom. The SMILES string of the molecule is C=COCCCC.C=COCCOCC. The van der Waals surface area contributed by atoms with Crippen LogP contribution in [0.25, 0.3) is 0 Å². The van der Waals surface area contributed by atoms with E-state index in [1.807, 2.05) is 6.92 Å². The van der Waals surface area contributed by atoms with Gasteiger partial charge in [0.25, 0.3) is 0 Å². The summed E-state index contributed by atoms with van der Waals surface area (Å²) in [7, 11) is 0. The highest BCUT2D eigenvalue weighted by Crippen LogP contribution is 1.86. The fraction of sp³-hybridized carbons (Fsp3) is 0.667. The van der Waals surface area contributed by atoms with Crippen molar-refractivity contribution >= 4 is 0 Å². The van der Waals surface area contributed by atoms with Crippen LogP contribution in [0.3, 0.4) is 0 Å². The summed E-state index contributed by atoms with van der Waals surface area (Å²) in [6, 6.07) is 0. The molecule has 0 aliphatic rings. The fourth-order valence-corrected chi connectivity index (χ4v) is 0.646. The molecule has 0 N–H and O–H groups in total. The van der Waals surface area contributed by atoms with Crippen molar-refractivity contribution in [3.05, 3.63) is 25.7 Å². The summed E-state index contributed by atoms with van der Waals surface area (Å²) in [5.74, 6) is 0. The molecule has 0 aliphatic heterocycles. The first kappa shape index (κ1) is 16.5. The van der Waals surface area contributed by atoms with E-state index in [1.165, 1.54) is 18.9 Å². The van der Waals surface area contributed by atoms with Crippen LogP contribution in [-0.2, 0) is 14.2 Å². The topological polar surface area (TPSA) is 27.7 Å². The largest absolute Gasteiger partial charge is 0.502 e. The number of unbranched alkanes of at least 4 members (excludes halogenated alkanes) is 1. The van der Waals surface area contributed by atoms with Gasteiger partial charge in [-0.25, -0.2) is 0 Å². The van der Waals surface area contributed by atoms with Gasteiger partial charge in [0, 0.05) is 6.61 Å². The summed E-state index contributed by atoms with van der Waals surface area (Å²) >= 11 is 0. The summed E-state index contributed by atoms with van der Waals surface area (Å²) in [5.41, 5.74) is 0. The average molecular weight is 216 g/mol. The molecule has 3 heteroatoms. The maximum absolute atomic E-state index is 4.96. The second-order valence-electron chi connectivity index (χ2n) is 2.63. The summed E-state index contributed by atoms with van der Waals surface area (Å²) < 4.78 is 14.6. The van der Waals surface area contributed by atoms with E-state index in [0.29, 0.717) is 13.2 Å². The Labute approximate surface area is 93.7 Å². The Morgan fingerprint density at radius 1 is 0.933 bits per heavy atom. The Morgan fingerprint density at radius 2 is 1.53 bits per heavy atom. The molecule has 90 valence electrons. The Kier molecular flexibility index (Phi) is 20.6. The molecule has 0 aromatic heterocycles. The van der Waals surface area contributed by atoms with Gasteiger partial charge < -0.3 is 14.2 Å². The van der Waals surface area contributed by atoms with E-state index in [1.54, 1.807) is 0 Å². The van der Waals surface area contributed by atoms with Gasteiger partial charge in [-0.3, -0.25) is 0 Å². The van der Waals surface area contributed by atoms with Crippen LogP contribution < -0.4 is 0 Å². The molecule has 0 saturated carbocycles. The molecular formula is C12H24O3. The summed E-state index contributed by atoms with van der Waals surface area (Å²) in [6.07, 6.45) is 5.22. The van der Waals surface area contributed by atoms with Crippen molar-refractivity contribution in [2.45, 2.75) is 26.7 Å². The average Bonchev–Trinajstić information content (AvgIpc) is 2.26. The molecule has 0 aliphatic carbocycles. The monoisotopic (exact) mass is 216 g/mol. The lowest BCUT2D eigenvalue weighted by Gasteiger charge is -1.98. The van der Waals surface area contributed by atoms with Crippen LogP contribution in [0.5, 0.6) is 0 Å². The van der Waals surface area contributed by atoms with E-state index in [4.69, 9.17) is 14.2 Å². The van der Waals surface area contributed by atoms with Crippen LogP contribution in [0.1, 0.15) is 26.7 Å². The van der Waals surface area contributed by atoms with Gasteiger partial charge in [-0.2, -0.15) is 0 Å². The molecular weight excluding hydrogens is 192 g/mol. The molecule has 0 spiro atoms. The van der Waals surface area contributed by atoms with Gasteiger partial charge in [0.1, 0.15) is 6.61 Å². The van der Waals surface area contributed by atoms with Crippen LogP contribution in [0.15, 0.2) is 25.7 Å². The third kappa shape index (κ3) is 24.6. The molecule has 0 aromatic rings. The normalized spacial score (nSPS) is 8.40. The third-order valence-corrected chi connectivity index (χ3v) is 1.40. The molecule has 3 nitrogen and oxygen atoms in total. The van der Waals surface area contributed by atoms with E-state index >= 15 is 0 Å². The van der Waals surface area contributed by atoms with Crippen LogP contribution in [-0.4, -0.2) is 26.4 Å². The molecule has 0 atom stereocenters. The van der Waals surface area contributed by atoms with Crippen molar-refractivity contribution in [3.8, 4) is 0 Å². The lowest BCUT2D eigenvalue weighted by atomic mass is 10.4. The molecule has 0 bridgehead atoms. The molecule has 0 aromatic carbocycles. The first-order valence-electron chi connectivity index (χ1n) is 5.36. The third-order valence-electron chi connectivity index (χ3n) is 1.40. The van der Waals surface area contributed by atoms with Crippen LogP contribution in [0.2, 0.25) is 0 Å².